The van der Waals surface area contributed by atoms with E-state index in [9.17, 15) is 13.2 Å². The Morgan fingerprint density at radius 3 is 2.42 bits per heavy atom. The summed E-state index contributed by atoms with van der Waals surface area (Å²) in [6.45, 7) is 4.29. The number of hydrogen-bond acceptors (Lipinski definition) is 7. The lowest BCUT2D eigenvalue weighted by Gasteiger charge is -2.26. The van der Waals surface area contributed by atoms with Gasteiger partial charge in [-0.25, -0.2) is 23.2 Å². The molecular formula is C22H26N6O4S. The molecule has 0 aliphatic carbocycles. The standard InChI is InChI=1S/C22H26N6O4S/c23-33(30,31)19-8-6-18(7-9-19)28-20(16-17-4-2-1-3-5-17)25-21(26-28)22(29)24-10-11-27-12-14-32-15-13-27/h1-9H,10-16H2,(H,24,29)(H2,23,30,31). The molecule has 4 rings (SSSR count). The van der Waals surface area contributed by atoms with Gasteiger partial charge < -0.3 is 10.1 Å². The van der Waals surface area contributed by atoms with Crippen molar-refractivity contribution in [3.8, 4) is 5.69 Å². The number of ether oxygens (including phenoxy) is 1. The van der Waals surface area contributed by atoms with Crippen LogP contribution in [0.5, 0.6) is 0 Å². The molecule has 0 unspecified atom stereocenters. The summed E-state index contributed by atoms with van der Waals surface area (Å²) < 4.78 is 30.0. The van der Waals surface area contributed by atoms with Crippen LogP contribution in [0.1, 0.15) is 22.0 Å². The molecule has 1 fully saturated rings. The summed E-state index contributed by atoms with van der Waals surface area (Å²) in [4.78, 5) is 19.4. The molecule has 3 N–H and O–H groups in total. The van der Waals surface area contributed by atoms with Gasteiger partial charge in [0.15, 0.2) is 0 Å². The van der Waals surface area contributed by atoms with Crippen molar-refractivity contribution >= 4 is 15.9 Å². The van der Waals surface area contributed by atoms with Crippen LogP contribution >= 0.6 is 0 Å². The third-order valence-corrected chi connectivity index (χ3v) is 6.24. The molecule has 0 spiro atoms. The van der Waals surface area contributed by atoms with Crippen LogP contribution in [0.2, 0.25) is 0 Å². The van der Waals surface area contributed by atoms with Crippen LogP contribution < -0.4 is 10.5 Å². The predicted molar refractivity (Wildman–Crippen MR) is 122 cm³/mol. The minimum absolute atomic E-state index is 0.00273. The third-order valence-electron chi connectivity index (χ3n) is 5.31. The molecule has 1 amide bonds. The summed E-state index contributed by atoms with van der Waals surface area (Å²) in [6, 6.07) is 15.7. The van der Waals surface area contributed by atoms with E-state index < -0.39 is 10.0 Å². The average Bonchev–Trinajstić information content (AvgIpc) is 3.24. The molecule has 0 bridgehead atoms. The van der Waals surface area contributed by atoms with Crippen LogP contribution in [-0.2, 0) is 21.2 Å². The Hall–Kier alpha value is -3.12. The van der Waals surface area contributed by atoms with Crippen LogP contribution in [0.25, 0.3) is 5.69 Å². The summed E-state index contributed by atoms with van der Waals surface area (Å²) in [6.07, 6.45) is 0.450. The lowest BCUT2D eigenvalue weighted by atomic mass is 10.1. The number of hydrogen-bond donors (Lipinski definition) is 2. The molecule has 1 aliphatic heterocycles. The second kappa shape index (κ2) is 10.2. The van der Waals surface area contributed by atoms with Gasteiger partial charge in [-0.15, -0.1) is 5.10 Å². The van der Waals surface area contributed by atoms with Crippen LogP contribution in [-0.4, -0.2) is 73.4 Å². The molecule has 0 radical (unpaired) electrons. The molecule has 1 aliphatic rings. The van der Waals surface area contributed by atoms with Gasteiger partial charge in [0.25, 0.3) is 5.91 Å². The Morgan fingerprint density at radius 2 is 1.76 bits per heavy atom. The number of nitrogens with zero attached hydrogens (tertiary/aromatic N) is 4. The van der Waals surface area contributed by atoms with Gasteiger partial charge in [0.05, 0.1) is 23.8 Å². The molecule has 11 heteroatoms. The first-order valence-electron chi connectivity index (χ1n) is 10.6. The van der Waals surface area contributed by atoms with E-state index in [1.54, 1.807) is 16.8 Å². The molecular weight excluding hydrogens is 444 g/mol. The summed E-state index contributed by atoms with van der Waals surface area (Å²) in [5.41, 5.74) is 1.58. The van der Waals surface area contributed by atoms with Crippen LogP contribution in [0, 0.1) is 0 Å². The predicted octanol–water partition coefficient (Wildman–Crippen LogP) is 0.568. The van der Waals surface area contributed by atoms with Gasteiger partial charge in [-0.3, -0.25) is 9.69 Å². The first-order valence-corrected chi connectivity index (χ1v) is 12.2. The van der Waals surface area contributed by atoms with E-state index in [2.05, 4.69) is 20.3 Å². The lowest BCUT2D eigenvalue weighted by molar-refractivity contribution is 0.0383. The highest BCUT2D eigenvalue weighted by atomic mass is 32.2. The average molecular weight is 471 g/mol. The van der Waals surface area contributed by atoms with E-state index in [1.165, 1.54) is 12.1 Å². The zero-order chi connectivity index (χ0) is 23.3. The van der Waals surface area contributed by atoms with Gasteiger partial charge in [0.2, 0.25) is 15.8 Å². The van der Waals surface area contributed by atoms with Crippen molar-refractivity contribution in [3.63, 3.8) is 0 Å². The number of aromatic nitrogens is 3. The van der Waals surface area contributed by atoms with E-state index in [1.807, 2.05) is 30.3 Å². The number of benzene rings is 2. The highest BCUT2D eigenvalue weighted by Crippen LogP contribution is 2.16. The van der Waals surface area contributed by atoms with E-state index in [0.717, 1.165) is 25.2 Å². The fraction of sp³-hybridized carbons (Fsp3) is 0.318. The fourth-order valence-corrected chi connectivity index (χ4v) is 4.06. The summed E-state index contributed by atoms with van der Waals surface area (Å²) >= 11 is 0. The maximum Gasteiger partial charge on any atom is 0.291 e. The quantitative estimate of drug-likeness (QED) is 0.492. The van der Waals surface area contributed by atoms with Crippen molar-refractivity contribution in [2.24, 2.45) is 5.14 Å². The van der Waals surface area contributed by atoms with Gasteiger partial charge in [0, 0.05) is 32.6 Å². The Kier molecular flexibility index (Phi) is 7.14. The van der Waals surface area contributed by atoms with E-state index in [4.69, 9.17) is 9.88 Å². The summed E-state index contributed by atoms with van der Waals surface area (Å²) in [7, 11) is -3.81. The van der Waals surface area contributed by atoms with Gasteiger partial charge >= 0.3 is 0 Å². The van der Waals surface area contributed by atoms with Crippen LogP contribution in [0.4, 0.5) is 0 Å². The largest absolute Gasteiger partial charge is 0.379 e. The number of nitrogens with one attached hydrogen (secondary N) is 1. The summed E-state index contributed by atoms with van der Waals surface area (Å²) in [5.74, 6) is 0.249. The highest BCUT2D eigenvalue weighted by Gasteiger charge is 2.19. The first kappa shape index (κ1) is 23.1. The number of sulfonamides is 1. The van der Waals surface area contributed by atoms with Gasteiger partial charge in [-0.05, 0) is 29.8 Å². The highest BCUT2D eigenvalue weighted by molar-refractivity contribution is 7.89. The number of morpholine rings is 1. The van der Waals surface area contributed by atoms with Gasteiger partial charge in [0.1, 0.15) is 5.82 Å². The monoisotopic (exact) mass is 470 g/mol. The summed E-state index contributed by atoms with van der Waals surface area (Å²) in [5, 5.41) is 12.5. The number of amides is 1. The molecule has 10 nitrogen and oxygen atoms in total. The topological polar surface area (TPSA) is 132 Å². The van der Waals surface area contributed by atoms with Gasteiger partial charge in [-0.1, -0.05) is 30.3 Å². The molecule has 0 saturated carbocycles. The maximum atomic E-state index is 12.7. The Labute approximate surface area is 192 Å². The molecule has 3 aromatic rings. The fourth-order valence-electron chi connectivity index (χ4n) is 3.55. The van der Waals surface area contributed by atoms with Crippen molar-refractivity contribution in [3.05, 3.63) is 71.8 Å². The Bertz CT molecular complexity index is 1190. The van der Waals surface area contributed by atoms with Crippen LogP contribution in [0.15, 0.2) is 59.5 Å². The van der Waals surface area contributed by atoms with Crippen molar-refractivity contribution < 1.29 is 17.9 Å². The van der Waals surface area contributed by atoms with Crippen molar-refractivity contribution in [1.82, 2.24) is 25.0 Å². The number of carbonyl (C=O) groups excluding carboxylic acids is 1. The smallest absolute Gasteiger partial charge is 0.291 e. The molecule has 1 aromatic heterocycles. The molecule has 33 heavy (non-hydrogen) atoms. The number of carbonyl (C=O) groups is 1. The molecule has 1 saturated heterocycles. The first-order chi connectivity index (χ1) is 15.9. The van der Waals surface area contributed by atoms with Crippen molar-refractivity contribution in [1.29, 1.82) is 0 Å². The van der Waals surface area contributed by atoms with Crippen LogP contribution in [0.3, 0.4) is 0 Å². The molecule has 2 aromatic carbocycles. The Balaban J connectivity index is 1.54. The normalized spacial score (nSPS) is 14.8. The SMILES string of the molecule is NS(=O)(=O)c1ccc(-n2nc(C(=O)NCCN3CCOCC3)nc2Cc2ccccc2)cc1. The van der Waals surface area contributed by atoms with E-state index in [-0.39, 0.29) is 16.6 Å². The van der Waals surface area contributed by atoms with E-state index in [0.29, 0.717) is 37.7 Å². The lowest BCUT2D eigenvalue weighted by Crippen LogP contribution is -2.41. The molecule has 0 atom stereocenters. The second-order valence-corrected chi connectivity index (χ2v) is 9.24. The van der Waals surface area contributed by atoms with Crippen molar-refractivity contribution in [2.75, 3.05) is 39.4 Å². The minimum Gasteiger partial charge on any atom is -0.379 e. The number of nitrogens with two attached hydrogens (primary N) is 1. The maximum absolute atomic E-state index is 12.7. The number of rotatable bonds is 8. The molecule has 174 valence electrons. The third kappa shape index (κ3) is 6.02. The van der Waals surface area contributed by atoms with Gasteiger partial charge in [-0.2, -0.15) is 0 Å². The second-order valence-electron chi connectivity index (χ2n) is 7.67. The van der Waals surface area contributed by atoms with Crippen molar-refractivity contribution in [2.45, 2.75) is 11.3 Å². The minimum atomic E-state index is -3.81. The zero-order valence-electron chi connectivity index (χ0n) is 18.1. The number of primary sulfonamides is 1. The zero-order valence-corrected chi connectivity index (χ0v) is 18.9. The van der Waals surface area contributed by atoms with E-state index >= 15 is 0 Å². The molecule has 2 heterocycles. The Morgan fingerprint density at radius 1 is 1.06 bits per heavy atom.